The molecule has 1 amide bonds. The third-order valence-corrected chi connectivity index (χ3v) is 8.23. The Hall–Kier alpha value is -3.23. The van der Waals surface area contributed by atoms with Gasteiger partial charge in [0.25, 0.3) is 5.91 Å². The van der Waals surface area contributed by atoms with Gasteiger partial charge in [-0.05, 0) is 73.9 Å². The molecule has 1 N–H and O–H groups in total. The molecule has 8 heteroatoms. The largest absolute Gasteiger partial charge is 0.366 e. The molecule has 0 bridgehead atoms. The normalized spacial score (nSPS) is 16.8. The van der Waals surface area contributed by atoms with Crippen molar-refractivity contribution < 1.29 is 17.6 Å². The molecule has 3 aromatic rings. The van der Waals surface area contributed by atoms with Crippen molar-refractivity contribution >= 4 is 27.3 Å². The number of anilines is 2. The number of hydrogen-bond donors (Lipinski definition) is 1. The molecule has 35 heavy (non-hydrogen) atoms. The summed E-state index contributed by atoms with van der Waals surface area (Å²) in [5.74, 6) is -1.37. The first kappa shape index (κ1) is 24.9. The molecule has 0 spiro atoms. The lowest BCUT2D eigenvalue weighted by Crippen LogP contribution is -2.53. The van der Waals surface area contributed by atoms with Crippen molar-refractivity contribution in [2.75, 3.05) is 29.9 Å². The summed E-state index contributed by atoms with van der Waals surface area (Å²) in [6.45, 7) is 6.93. The van der Waals surface area contributed by atoms with E-state index in [1.54, 1.807) is 12.1 Å². The zero-order chi connectivity index (χ0) is 25.2. The van der Waals surface area contributed by atoms with Crippen LogP contribution in [0.1, 0.15) is 35.3 Å². The Morgan fingerprint density at radius 1 is 1.06 bits per heavy atom. The van der Waals surface area contributed by atoms with Crippen LogP contribution in [0.25, 0.3) is 0 Å². The molecule has 0 unspecified atom stereocenters. The van der Waals surface area contributed by atoms with E-state index in [1.807, 2.05) is 51.1 Å². The zero-order valence-corrected chi connectivity index (χ0v) is 21.0. The molecule has 6 nitrogen and oxygen atoms in total. The van der Waals surface area contributed by atoms with Gasteiger partial charge in [0.15, 0.2) is 0 Å². The van der Waals surface area contributed by atoms with Gasteiger partial charge in [-0.1, -0.05) is 31.2 Å². The highest BCUT2D eigenvalue weighted by Crippen LogP contribution is 2.27. The Kier molecular flexibility index (Phi) is 7.23. The lowest BCUT2D eigenvalue weighted by atomic mass is 10.1. The molecule has 1 heterocycles. The second-order valence-electron chi connectivity index (χ2n) is 8.89. The van der Waals surface area contributed by atoms with Crippen molar-refractivity contribution in [1.82, 2.24) is 4.31 Å². The number of hydrogen-bond acceptors (Lipinski definition) is 4. The van der Waals surface area contributed by atoms with Crippen LogP contribution in [0.5, 0.6) is 0 Å². The molecule has 0 aromatic heterocycles. The fraction of sp³-hybridized carbons (Fsp3) is 0.296. The quantitative estimate of drug-likeness (QED) is 0.531. The maximum Gasteiger partial charge on any atom is 0.255 e. The van der Waals surface area contributed by atoms with E-state index in [2.05, 4.69) is 16.3 Å². The van der Waals surface area contributed by atoms with Gasteiger partial charge < -0.3 is 10.2 Å². The molecule has 1 fully saturated rings. The Balaban J connectivity index is 1.52. The summed E-state index contributed by atoms with van der Waals surface area (Å²) in [6.07, 6.45) is 0.880. The van der Waals surface area contributed by atoms with Gasteiger partial charge in [0.1, 0.15) is 10.7 Å². The summed E-state index contributed by atoms with van der Waals surface area (Å²) in [7, 11) is -4.13. The lowest BCUT2D eigenvalue weighted by molar-refractivity contribution is 0.102. The minimum absolute atomic E-state index is 0.0796. The van der Waals surface area contributed by atoms with Gasteiger partial charge in [0, 0.05) is 42.6 Å². The summed E-state index contributed by atoms with van der Waals surface area (Å²) >= 11 is 0. The van der Waals surface area contributed by atoms with Crippen molar-refractivity contribution in [3.63, 3.8) is 0 Å². The number of piperazine rings is 1. The van der Waals surface area contributed by atoms with Crippen molar-refractivity contribution in [2.24, 2.45) is 0 Å². The SMILES string of the molecule is CCc1ccc(NC(=O)c2ccc(F)c(S(=O)(=O)N3CCN(c4cccc(C)c4)[C@@H](C)C3)c2)cc1. The number of nitrogens with one attached hydrogen (secondary N) is 1. The average Bonchev–Trinajstić information content (AvgIpc) is 2.84. The number of amides is 1. The van der Waals surface area contributed by atoms with Crippen molar-refractivity contribution in [2.45, 2.75) is 38.1 Å². The maximum atomic E-state index is 14.7. The molecule has 1 atom stereocenters. The summed E-state index contributed by atoms with van der Waals surface area (Å²) in [5, 5.41) is 2.75. The fourth-order valence-electron chi connectivity index (χ4n) is 4.34. The second kappa shape index (κ2) is 10.2. The Morgan fingerprint density at radius 3 is 2.46 bits per heavy atom. The molecular formula is C27H30FN3O3S. The van der Waals surface area contributed by atoms with Gasteiger partial charge in [-0.3, -0.25) is 4.79 Å². The molecule has 184 valence electrons. The van der Waals surface area contributed by atoms with Crippen LogP contribution >= 0.6 is 0 Å². The Morgan fingerprint density at radius 2 is 1.80 bits per heavy atom. The van der Waals surface area contributed by atoms with E-state index < -0.39 is 26.6 Å². The van der Waals surface area contributed by atoms with Gasteiger partial charge >= 0.3 is 0 Å². The molecule has 3 aromatic carbocycles. The predicted octanol–water partition coefficient (Wildman–Crippen LogP) is 4.85. The molecule has 0 radical (unpaired) electrons. The zero-order valence-electron chi connectivity index (χ0n) is 20.2. The highest BCUT2D eigenvalue weighted by atomic mass is 32.2. The van der Waals surface area contributed by atoms with E-state index in [0.29, 0.717) is 12.2 Å². The van der Waals surface area contributed by atoms with Gasteiger partial charge in [0.05, 0.1) is 0 Å². The topological polar surface area (TPSA) is 69.7 Å². The summed E-state index contributed by atoms with van der Waals surface area (Å²) in [5.41, 5.74) is 3.96. The minimum Gasteiger partial charge on any atom is -0.366 e. The Labute approximate surface area is 206 Å². The summed E-state index contributed by atoms with van der Waals surface area (Å²) in [6, 6.07) is 18.8. The molecule has 4 rings (SSSR count). The highest BCUT2D eigenvalue weighted by molar-refractivity contribution is 7.89. The highest BCUT2D eigenvalue weighted by Gasteiger charge is 2.34. The number of sulfonamides is 1. The average molecular weight is 496 g/mol. The van der Waals surface area contributed by atoms with Crippen LogP contribution in [-0.2, 0) is 16.4 Å². The third kappa shape index (κ3) is 5.39. The number of carbonyl (C=O) groups excluding carboxylic acids is 1. The molecule has 0 aliphatic carbocycles. The van der Waals surface area contributed by atoms with Crippen LogP contribution in [-0.4, -0.2) is 44.3 Å². The summed E-state index contributed by atoms with van der Waals surface area (Å²) in [4.78, 5) is 14.4. The van der Waals surface area contributed by atoms with E-state index in [-0.39, 0.29) is 24.7 Å². The van der Waals surface area contributed by atoms with Crippen molar-refractivity contribution in [3.8, 4) is 0 Å². The number of aryl methyl sites for hydroxylation is 2. The molecule has 0 saturated carbocycles. The monoisotopic (exact) mass is 495 g/mol. The van der Waals surface area contributed by atoms with Crippen molar-refractivity contribution in [1.29, 1.82) is 0 Å². The van der Waals surface area contributed by atoms with Gasteiger partial charge in [0.2, 0.25) is 10.0 Å². The van der Waals surface area contributed by atoms with E-state index >= 15 is 0 Å². The molecule has 1 saturated heterocycles. The lowest BCUT2D eigenvalue weighted by Gasteiger charge is -2.40. The molecular weight excluding hydrogens is 465 g/mol. The van der Waals surface area contributed by atoms with Crippen LogP contribution < -0.4 is 10.2 Å². The predicted molar refractivity (Wildman–Crippen MR) is 137 cm³/mol. The Bertz CT molecular complexity index is 1330. The number of rotatable bonds is 6. The second-order valence-corrected chi connectivity index (χ2v) is 10.8. The van der Waals surface area contributed by atoms with E-state index in [9.17, 15) is 17.6 Å². The fourth-order valence-corrected chi connectivity index (χ4v) is 5.94. The smallest absolute Gasteiger partial charge is 0.255 e. The van der Waals surface area contributed by atoms with E-state index in [0.717, 1.165) is 35.4 Å². The van der Waals surface area contributed by atoms with Crippen LogP contribution in [0.3, 0.4) is 0 Å². The number of carbonyl (C=O) groups is 1. The number of nitrogens with zero attached hydrogens (tertiary/aromatic N) is 2. The number of halogens is 1. The van der Waals surface area contributed by atoms with Crippen molar-refractivity contribution in [3.05, 3.63) is 89.2 Å². The first-order chi connectivity index (χ1) is 16.7. The van der Waals surface area contributed by atoms with Gasteiger partial charge in [-0.2, -0.15) is 4.31 Å². The van der Waals surface area contributed by atoms with Crippen LogP contribution in [0, 0.1) is 12.7 Å². The van der Waals surface area contributed by atoms with E-state index in [4.69, 9.17) is 0 Å². The maximum absolute atomic E-state index is 14.7. The van der Waals surface area contributed by atoms with Gasteiger partial charge in [-0.15, -0.1) is 0 Å². The molecule has 1 aliphatic heterocycles. The van der Waals surface area contributed by atoms with Crippen LogP contribution in [0.4, 0.5) is 15.8 Å². The first-order valence-electron chi connectivity index (χ1n) is 11.7. The third-order valence-electron chi connectivity index (χ3n) is 6.35. The minimum atomic E-state index is -4.13. The standard InChI is InChI=1S/C27H30FN3O3S/c1-4-21-8-11-23(12-9-21)29-27(32)22-10-13-25(28)26(17-22)35(33,34)30-14-15-31(20(3)18-30)24-7-5-6-19(2)16-24/h5-13,16-17,20H,4,14-15,18H2,1-3H3,(H,29,32)/t20-/m0/s1. The number of benzene rings is 3. The van der Waals surface area contributed by atoms with Crippen LogP contribution in [0.2, 0.25) is 0 Å². The summed E-state index contributed by atoms with van der Waals surface area (Å²) < 4.78 is 42.8. The van der Waals surface area contributed by atoms with Gasteiger partial charge in [-0.25, -0.2) is 12.8 Å². The van der Waals surface area contributed by atoms with E-state index in [1.165, 1.54) is 10.4 Å². The molecule has 1 aliphatic rings. The first-order valence-corrected chi connectivity index (χ1v) is 13.2. The van der Waals surface area contributed by atoms with Crippen LogP contribution in [0.15, 0.2) is 71.6 Å².